The molecule has 0 fully saturated rings. The second kappa shape index (κ2) is 12.8. The van der Waals surface area contributed by atoms with Gasteiger partial charge in [-0.15, -0.1) is 0 Å². The van der Waals surface area contributed by atoms with E-state index in [1.54, 1.807) is 0 Å². The van der Waals surface area contributed by atoms with Crippen LogP contribution >= 0.6 is 0 Å². The first-order chi connectivity index (χ1) is 10.8. The van der Waals surface area contributed by atoms with Gasteiger partial charge in [-0.2, -0.15) is 0 Å². The van der Waals surface area contributed by atoms with Gasteiger partial charge in [-0.25, -0.2) is 0 Å². The highest BCUT2D eigenvalue weighted by Crippen LogP contribution is 2.21. The molecule has 22 heavy (non-hydrogen) atoms. The minimum absolute atomic E-state index is 0.627. The average molecular weight is 309 g/mol. The fourth-order valence-electron chi connectivity index (χ4n) is 3.40. The first kappa shape index (κ1) is 19.4. The molecule has 0 saturated heterocycles. The Bertz CT molecular complexity index is 275. The maximum absolute atomic E-state index is 2.58. The van der Waals surface area contributed by atoms with Gasteiger partial charge < -0.3 is 9.80 Å². The highest BCUT2D eigenvalue weighted by Gasteiger charge is 2.22. The monoisotopic (exact) mass is 308 g/mol. The van der Waals surface area contributed by atoms with E-state index in [9.17, 15) is 0 Å². The zero-order chi connectivity index (χ0) is 16.0. The molecule has 0 amide bonds. The van der Waals surface area contributed by atoms with Crippen molar-refractivity contribution >= 4 is 0 Å². The van der Waals surface area contributed by atoms with Gasteiger partial charge in [0.1, 0.15) is 6.17 Å². The molecule has 0 aromatic rings. The second-order valence-electron chi connectivity index (χ2n) is 7.01. The average Bonchev–Trinajstić information content (AvgIpc) is 2.87. The van der Waals surface area contributed by atoms with Crippen molar-refractivity contribution in [3.63, 3.8) is 0 Å². The molecular weight excluding hydrogens is 268 g/mol. The molecular formula is C20H40N2. The summed E-state index contributed by atoms with van der Waals surface area (Å²) >= 11 is 0. The van der Waals surface area contributed by atoms with E-state index in [0.717, 1.165) is 0 Å². The second-order valence-corrected chi connectivity index (χ2v) is 7.01. The molecule has 0 aromatic carbocycles. The minimum Gasteiger partial charge on any atom is -0.359 e. The predicted molar refractivity (Wildman–Crippen MR) is 98.8 cm³/mol. The van der Waals surface area contributed by atoms with E-state index in [4.69, 9.17) is 0 Å². The lowest BCUT2D eigenvalue weighted by atomic mass is 10.1. The molecule has 0 spiro atoms. The molecule has 1 aliphatic rings. The van der Waals surface area contributed by atoms with Crippen LogP contribution in [0.4, 0.5) is 0 Å². The van der Waals surface area contributed by atoms with Crippen LogP contribution in [-0.4, -0.2) is 29.6 Å². The van der Waals surface area contributed by atoms with E-state index in [-0.39, 0.29) is 0 Å². The van der Waals surface area contributed by atoms with Crippen LogP contribution in [0.25, 0.3) is 0 Å². The predicted octanol–water partition coefficient (Wildman–Crippen LogP) is 6.14. The van der Waals surface area contributed by atoms with Gasteiger partial charge in [0.2, 0.25) is 0 Å². The molecule has 130 valence electrons. The van der Waals surface area contributed by atoms with Gasteiger partial charge in [-0.3, -0.25) is 0 Å². The van der Waals surface area contributed by atoms with E-state index < -0.39 is 0 Å². The Hall–Kier alpha value is -0.660. The van der Waals surface area contributed by atoms with E-state index in [1.807, 2.05) is 0 Å². The minimum atomic E-state index is 0.627. The number of nitrogens with zero attached hydrogens (tertiary/aromatic N) is 2. The highest BCUT2D eigenvalue weighted by atomic mass is 15.4. The zero-order valence-electron chi connectivity index (χ0n) is 15.5. The van der Waals surface area contributed by atoms with E-state index >= 15 is 0 Å². The van der Waals surface area contributed by atoms with E-state index in [1.165, 1.54) is 90.0 Å². The lowest BCUT2D eigenvalue weighted by molar-refractivity contribution is 0.159. The highest BCUT2D eigenvalue weighted by molar-refractivity contribution is 4.95. The number of unbranched alkanes of at least 4 members (excludes halogenated alkanes) is 10. The van der Waals surface area contributed by atoms with Crippen molar-refractivity contribution in [1.29, 1.82) is 0 Å². The van der Waals surface area contributed by atoms with Gasteiger partial charge in [0.15, 0.2) is 0 Å². The summed E-state index contributed by atoms with van der Waals surface area (Å²) in [5.41, 5.74) is 0. The number of rotatable bonds is 14. The molecule has 1 atom stereocenters. The van der Waals surface area contributed by atoms with Crippen molar-refractivity contribution in [3.8, 4) is 0 Å². The maximum Gasteiger partial charge on any atom is 0.100 e. The third kappa shape index (κ3) is 8.10. The summed E-state index contributed by atoms with van der Waals surface area (Å²) in [5, 5.41) is 0. The van der Waals surface area contributed by atoms with Gasteiger partial charge >= 0.3 is 0 Å². The van der Waals surface area contributed by atoms with Crippen molar-refractivity contribution in [3.05, 3.63) is 12.4 Å². The largest absolute Gasteiger partial charge is 0.359 e. The van der Waals surface area contributed by atoms with Gasteiger partial charge in [0, 0.05) is 26.0 Å². The van der Waals surface area contributed by atoms with Crippen LogP contribution in [0.2, 0.25) is 0 Å². The van der Waals surface area contributed by atoms with Crippen molar-refractivity contribution < 1.29 is 0 Å². The first-order valence-electron chi connectivity index (χ1n) is 9.95. The van der Waals surface area contributed by atoms with Crippen LogP contribution in [0.1, 0.15) is 97.3 Å². The van der Waals surface area contributed by atoms with Crippen LogP contribution in [0.5, 0.6) is 0 Å². The fraction of sp³-hybridized carbons (Fsp3) is 0.900. The molecule has 2 nitrogen and oxygen atoms in total. The van der Waals surface area contributed by atoms with Crippen molar-refractivity contribution in [2.45, 2.75) is 103 Å². The van der Waals surface area contributed by atoms with Gasteiger partial charge in [-0.1, -0.05) is 78.1 Å². The Morgan fingerprint density at radius 1 is 0.682 bits per heavy atom. The molecule has 0 radical (unpaired) electrons. The Balaban J connectivity index is 2.09. The Morgan fingerprint density at radius 3 is 1.86 bits per heavy atom. The molecule has 1 unspecified atom stereocenters. The molecule has 0 saturated carbocycles. The van der Waals surface area contributed by atoms with Crippen molar-refractivity contribution in [1.82, 2.24) is 9.80 Å². The van der Waals surface area contributed by atoms with E-state index in [0.29, 0.717) is 6.17 Å². The van der Waals surface area contributed by atoms with Crippen molar-refractivity contribution in [2.75, 3.05) is 13.6 Å². The zero-order valence-corrected chi connectivity index (χ0v) is 15.5. The topological polar surface area (TPSA) is 6.48 Å². The summed E-state index contributed by atoms with van der Waals surface area (Å²) in [7, 11) is 2.24. The molecule has 1 rings (SSSR count). The number of hydrogen-bond acceptors (Lipinski definition) is 2. The van der Waals surface area contributed by atoms with Crippen LogP contribution in [0, 0.1) is 0 Å². The quantitative estimate of drug-likeness (QED) is 0.355. The molecule has 0 aromatic heterocycles. The Kier molecular flexibility index (Phi) is 11.3. The molecule has 0 N–H and O–H groups in total. The smallest absolute Gasteiger partial charge is 0.100 e. The molecule has 0 aliphatic carbocycles. The summed E-state index contributed by atoms with van der Waals surface area (Å²) < 4.78 is 0. The summed E-state index contributed by atoms with van der Waals surface area (Å²) in [6.45, 7) is 5.82. The summed E-state index contributed by atoms with van der Waals surface area (Å²) in [6, 6.07) is 0. The van der Waals surface area contributed by atoms with Gasteiger partial charge in [-0.05, 0) is 19.3 Å². The summed E-state index contributed by atoms with van der Waals surface area (Å²) in [4.78, 5) is 4.98. The van der Waals surface area contributed by atoms with Crippen LogP contribution in [-0.2, 0) is 0 Å². The van der Waals surface area contributed by atoms with Crippen LogP contribution in [0.3, 0.4) is 0 Å². The van der Waals surface area contributed by atoms with Crippen molar-refractivity contribution in [2.24, 2.45) is 0 Å². The maximum atomic E-state index is 2.58. The third-order valence-corrected chi connectivity index (χ3v) is 4.93. The van der Waals surface area contributed by atoms with Crippen LogP contribution < -0.4 is 0 Å². The Labute approximate surface area is 139 Å². The first-order valence-corrected chi connectivity index (χ1v) is 9.95. The summed E-state index contributed by atoms with van der Waals surface area (Å²) in [5.74, 6) is 0. The third-order valence-electron chi connectivity index (χ3n) is 4.93. The van der Waals surface area contributed by atoms with Crippen LogP contribution in [0.15, 0.2) is 12.4 Å². The molecule has 1 heterocycles. The molecule has 0 bridgehead atoms. The molecule has 1 aliphatic heterocycles. The van der Waals surface area contributed by atoms with Gasteiger partial charge in [0.05, 0.1) is 0 Å². The normalized spacial score (nSPS) is 17.7. The SMILES string of the molecule is CCCCCCCCC1N(C)C=CN1CCCCCCCC. The standard InChI is InChI=1S/C20H40N2/c1-4-6-8-10-12-14-16-20-21(3)18-19-22(20)17-15-13-11-9-7-5-2/h18-20H,4-17H2,1-3H3. The number of hydrogen-bond donors (Lipinski definition) is 0. The lowest BCUT2D eigenvalue weighted by Crippen LogP contribution is -2.37. The Morgan fingerprint density at radius 2 is 1.23 bits per heavy atom. The lowest BCUT2D eigenvalue weighted by Gasteiger charge is -2.30. The van der Waals surface area contributed by atoms with E-state index in [2.05, 4.69) is 43.1 Å². The fourth-order valence-corrected chi connectivity index (χ4v) is 3.40. The van der Waals surface area contributed by atoms with Gasteiger partial charge in [0.25, 0.3) is 0 Å². The summed E-state index contributed by atoms with van der Waals surface area (Å²) in [6.07, 6.45) is 23.3. The molecule has 2 heteroatoms.